The third-order valence-electron chi connectivity index (χ3n) is 5.67. The van der Waals surface area contributed by atoms with Crippen LogP contribution < -0.4 is 4.74 Å². The summed E-state index contributed by atoms with van der Waals surface area (Å²) in [5.41, 5.74) is 0.178. The lowest BCUT2D eigenvalue weighted by atomic mass is 9.72. The van der Waals surface area contributed by atoms with E-state index in [-0.39, 0.29) is 24.0 Å². The highest BCUT2D eigenvalue weighted by Crippen LogP contribution is 2.46. The average molecular weight is 426 g/mol. The van der Waals surface area contributed by atoms with Crippen LogP contribution in [0.3, 0.4) is 0 Å². The summed E-state index contributed by atoms with van der Waals surface area (Å²) >= 11 is 6.14. The Kier molecular flexibility index (Phi) is 5.38. The SMILES string of the molecule is Cc1c(Cl)ncnc1OC1C2CN(C(=O)OC(C)(C)C)CC1CC1(C2)OCCO1. The number of amides is 1. The van der Waals surface area contributed by atoms with Crippen molar-refractivity contribution in [3.8, 4) is 5.88 Å². The summed E-state index contributed by atoms with van der Waals surface area (Å²) in [7, 11) is 0. The van der Waals surface area contributed by atoms with Crippen molar-refractivity contribution in [2.24, 2.45) is 11.8 Å². The molecule has 1 aliphatic carbocycles. The zero-order chi connectivity index (χ0) is 20.8. The second kappa shape index (κ2) is 7.56. The van der Waals surface area contributed by atoms with Gasteiger partial charge in [-0.1, -0.05) is 11.6 Å². The predicted octanol–water partition coefficient (Wildman–Crippen LogP) is 3.21. The number of hydrogen-bond acceptors (Lipinski definition) is 7. The standard InChI is InChI=1S/C20H28ClN3O5/c1-12-16(21)22-11-23-17(12)28-15-13-7-20(26-5-6-27-20)8-14(15)10-24(9-13)18(25)29-19(2,3)4/h11,13-15H,5-10H2,1-4H3. The molecule has 29 heavy (non-hydrogen) atoms. The molecule has 1 aromatic heterocycles. The Labute approximate surface area is 175 Å². The quantitative estimate of drug-likeness (QED) is 0.672. The number of carbonyl (C=O) groups is 1. The Morgan fingerprint density at radius 1 is 1.21 bits per heavy atom. The van der Waals surface area contributed by atoms with Crippen LogP contribution in [0.4, 0.5) is 4.79 Å². The van der Waals surface area contributed by atoms with Gasteiger partial charge in [-0.05, 0) is 27.7 Å². The summed E-state index contributed by atoms with van der Waals surface area (Å²) in [6, 6.07) is 0. The molecule has 2 unspecified atom stereocenters. The molecule has 2 atom stereocenters. The number of nitrogens with zero attached hydrogens (tertiary/aromatic N) is 3. The van der Waals surface area contributed by atoms with Crippen LogP contribution in [0.5, 0.6) is 5.88 Å². The number of rotatable bonds is 2. The molecule has 1 amide bonds. The molecular formula is C20H28ClN3O5. The summed E-state index contributed by atoms with van der Waals surface area (Å²) in [6.07, 6.45) is 2.31. The summed E-state index contributed by atoms with van der Waals surface area (Å²) in [5, 5.41) is 0.380. The van der Waals surface area contributed by atoms with Gasteiger partial charge in [0.2, 0.25) is 5.88 Å². The summed E-state index contributed by atoms with van der Waals surface area (Å²) < 4.78 is 23.9. The largest absolute Gasteiger partial charge is 0.473 e. The smallest absolute Gasteiger partial charge is 0.410 e. The molecule has 0 aromatic carbocycles. The molecule has 3 aliphatic rings. The number of halogens is 1. The van der Waals surface area contributed by atoms with Crippen LogP contribution >= 0.6 is 11.6 Å². The molecule has 9 heteroatoms. The molecule has 1 spiro atoms. The van der Waals surface area contributed by atoms with Gasteiger partial charge in [-0.2, -0.15) is 0 Å². The first-order valence-electron chi connectivity index (χ1n) is 10.1. The van der Waals surface area contributed by atoms with Gasteiger partial charge < -0.3 is 23.8 Å². The van der Waals surface area contributed by atoms with E-state index in [1.807, 2.05) is 27.7 Å². The number of likely N-dealkylation sites (tertiary alicyclic amines) is 1. The number of ether oxygens (including phenoxy) is 4. The van der Waals surface area contributed by atoms with Crippen LogP contribution in [-0.4, -0.2) is 64.8 Å². The normalized spacial score (nSPS) is 28.4. The third-order valence-corrected chi connectivity index (χ3v) is 6.06. The van der Waals surface area contributed by atoms with E-state index in [4.69, 9.17) is 30.5 Å². The van der Waals surface area contributed by atoms with Crippen LogP contribution in [0.25, 0.3) is 0 Å². The maximum absolute atomic E-state index is 12.7. The Morgan fingerprint density at radius 3 is 2.41 bits per heavy atom. The molecule has 0 radical (unpaired) electrons. The van der Waals surface area contributed by atoms with Gasteiger partial charge in [0.1, 0.15) is 23.2 Å². The number of aromatic nitrogens is 2. The lowest BCUT2D eigenvalue weighted by Gasteiger charge is -2.51. The number of hydrogen-bond donors (Lipinski definition) is 0. The summed E-state index contributed by atoms with van der Waals surface area (Å²) in [4.78, 5) is 22.7. The van der Waals surface area contributed by atoms with Crippen molar-refractivity contribution in [2.45, 2.75) is 58.0 Å². The van der Waals surface area contributed by atoms with E-state index in [9.17, 15) is 4.79 Å². The first kappa shape index (κ1) is 20.6. The Hall–Kier alpha value is -1.64. The van der Waals surface area contributed by atoms with Crippen LogP contribution in [0.15, 0.2) is 6.33 Å². The van der Waals surface area contributed by atoms with Crippen LogP contribution in [0, 0.1) is 18.8 Å². The molecule has 8 nitrogen and oxygen atoms in total. The highest BCUT2D eigenvalue weighted by atomic mass is 35.5. The average Bonchev–Trinajstić information content (AvgIpc) is 3.06. The molecule has 4 rings (SSSR count). The van der Waals surface area contributed by atoms with Crippen molar-refractivity contribution in [3.63, 3.8) is 0 Å². The first-order valence-corrected chi connectivity index (χ1v) is 10.4. The maximum Gasteiger partial charge on any atom is 0.410 e. The van der Waals surface area contributed by atoms with Gasteiger partial charge in [-0.25, -0.2) is 14.8 Å². The van der Waals surface area contributed by atoms with Crippen molar-refractivity contribution in [1.82, 2.24) is 14.9 Å². The van der Waals surface area contributed by atoms with Gasteiger partial charge in [0, 0.05) is 43.3 Å². The van der Waals surface area contributed by atoms with Crippen molar-refractivity contribution in [3.05, 3.63) is 17.0 Å². The third kappa shape index (κ3) is 4.29. The van der Waals surface area contributed by atoms with E-state index in [0.29, 0.717) is 55.7 Å². The van der Waals surface area contributed by atoms with Crippen molar-refractivity contribution < 1.29 is 23.7 Å². The first-order chi connectivity index (χ1) is 13.7. The summed E-state index contributed by atoms with van der Waals surface area (Å²) in [5.74, 6) is -0.0319. The topological polar surface area (TPSA) is 83.0 Å². The molecular weight excluding hydrogens is 398 g/mol. The Balaban J connectivity index is 1.55. The van der Waals surface area contributed by atoms with Crippen LogP contribution in [0.1, 0.15) is 39.2 Å². The fourth-order valence-electron chi connectivity index (χ4n) is 4.54. The summed E-state index contributed by atoms with van der Waals surface area (Å²) in [6.45, 7) is 9.69. The number of fused-ring (bicyclic) bond motifs is 2. The van der Waals surface area contributed by atoms with Crippen molar-refractivity contribution in [2.75, 3.05) is 26.3 Å². The van der Waals surface area contributed by atoms with E-state index < -0.39 is 11.4 Å². The van der Waals surface area contributed by atoms with Gasteiger partial charge in [0.15, 0.2) is 5.79 Å². The van der Waals surface area contributed by atoms with Gasteiger partial charge in [-0.15, -0.1) is 0 Å². The zero-order valence-electron chi connectivity index (χ0n) is 17.3. The number of piperidine rings is 1. The Bertz CT molecular complexity index is 760. The van der Waals surface area contributed by atoms with Crippen LogP contribution in [-0.2, 0) is 14.2 Å². The minimum Gasteiger partial charge on any atom is -0.473 e. The van der Waals surface area contributed by atoms with Crippen LogP contribution in [0.2, 0.25) is 5.15 Å². The van der Waals surface area contributed by atoms with Crippen molar-refractivity contribution in [1.29, 1.82) is 0 Å². The highest BCUT2D eigenvalue weighted by Gasteiger charge is 2.54. The van der Waals surface area contributed by atoms with E-state index in [2.05, 4.69) is 9.97 Å². The van der Waals surface area contributed by atoms with E-state index in [0.717, 1.165) is 0 Å². The van der Waals surface area contributed by atoms with Gasteiger partial charge in [0.25, 0.3) is 0 Å². The zero-order valence-corrected chi connectivity index (χ0v) is 18.1. The fourth-order valence-corrected chi connectivity index (χ4v) is 4.66. The second-order valence-electron chi connectivity index (χ2n) is 9.10. The molecule has 1 aromatic rings. The van der Waals surface area contributed by atoms with E-state index >= 15 is 0 Å². The molecule has 2 aliphatic heterocycles. The van der Waals surface area contributed by atoms with Gasteiger partial charge in [-0.3, -0.25) is 0 Å². The molecule has 160 valence electrons. The van der Waals surface area contributed by atoms with E-state index in [1.165, 1.54) is 6.33 Å². The minimum absolute atomic E-state index is 0.0289. The van der Waals surface area contributed by atoms with Crippen molar-refractivity contribution >= 4 is 17.7 Å². The number of carbonyl (C=O) groups excluding carboxylic acids is 1. The lowest BCUT2D eigenvalue weighted by molar-refractivity contribution is -0.226. The van der Waals surface area contributed by atoms with E-state index in [1.54, 1.807) is 4.90 Å². The molecule has 2 bridgehead atoms. The maximum atomic E-state index is 12.7. The molecule has 3 fully saturated rings. The molecule has 0 N–H and O–H groups in total. The molecule has 3 heterocycles. The predicted molar refractivity (Wildman–Crippen MR) is 105 cm³/mol. The minimum atomic E-state index is -0.576. The second-order valence-corrected chi connectivity index (χ2v) is 9.46. The Morgan fingerprint density at radius 2 is 1.83 bits per heavy atom. The van der Waals surface area contributed by atoms with Gasteiger partial charge >= 0.3 is 6.09 Å². The molecule has 2 saturated heterocycles. The lowest BCUT2D eigenvalue weighted by Crippen LogP contribution is -2.61. The van der Waals surface area contributed by atoms with Gasteiger partial charge in [0.05, 0.1) is 13.2 Å². The molecule has 1 saturated carbocycles. The highest BCUT2D eigenvalue weighted by molar-refractivity contribution is 6.30. The monoisotopic (exact) mass is 425 g/mol. The fraction of sp³-hybridized carbons (Fsp3) is 0.750.